The van der Waals surface area contributed by atoms with Crippen LogP contribution in [0, 0.1) is 24.0 Å². The molecule has 0 bridgehead atoms. The maximum absolute atomic E-state index is 10.8. The minimum absolute atomic E-state index is 0.0557. The second kappa shape index (κ2) is 5.56. The Morgan fingerprint density at radius 1 is 1.20 bits per heavy atom. The Bertz CT molecular complexity index is 615. The molecule has 0 aliphatic carbocycles. The summed E-state index contributed by atoms with van der Waals surface area (Å²) in [6.45, 7) is 3.54. The summed E-state index contributed by atoms with van der Waals surface area (Å²) in [4.78, 5) is 14.4. The molecule has 0 aliphatic heterocycles. The van der Waals surface area contributed by atoms with Crippen molar-refractivity contribution < 1.29 is 14.4 Å². The maximum atomic E-state index is 10.8. The molecule has 20 heavy (non-hydrogen) atoms. The molecule has 0 radical (unpaired) electrons. The monoisotopic (exact) mass is 274 g/mol. The number of aryl methyl sites for hydroxylation is 2. The largest absolute Gasteiger partial charge is 0.481 e. The van der Waals surface area contributed by atoms with Gasteiger partial charge in [-0.1, -0.05) is 0 Å². The zero-order chi connectivity index (χ0) is 14.7. The Hall–Kier alpha value is -2.63. The predicted molar refractivity (Wildman–Crippen MR) is 73.4 cm³/mol. The molecule has 2 aromatic rings. The molecular weight excluding hydrogens is 260 g/mol. The van der Waals surface area contributed by atoms with Crippen molar-refractivity contribution >= 4 is 5.69 Å². The lowest BCUT2D eigenvalue weighted by Crippen LogP contribution is -1.95. The van der Waals surface area contributed by atoms with Crippen LogP contribution in [-0.4, -0.2) is 17.0 Å². The summed E-state index contributed by atoms with van der Waals surface area (Å²) in [6, 6.07) is 6.39. The van der Waals surface area contributed by atoms with Gasteiger partial charge in [-0.05, 0) is 31.0 Å². The zero-order valence-electron chi connectivity index (χ0n) is 11.4. The first-order valence-electron chi connectivity index (χ1n) is 5.95. The van der Waals surface area contributed by atoms with Crippen molar-refractivity contribution in [2.75, 3.05) is 7.11 Å². The van der Waals surface area contributed by atoms with E-state index in [0.29, 0.717) is 28.5 Å². The number of nitro benzene ring substituents is 1. The second-order valence-corrected chi connectivity index (χ2v) is 4.30. The van der Waals surface area contributed by atoms with Crippen molar-refractivity contribution in [2.24, 2.45) is 0 Å². The highest BCUT2D eigenvalue weighted by atomic mass is 16.6. The second-order valence-electron chi connectivity index (χ2n) is 4.30. The van der Waals surface area contributed by atoms with E-state index in [9.17, 15) is 10.1 Å². The molecule has 0 aliphatic rings. The molecule has 1 aromatic carbocycles. The summed E-state index contributed by atoms with van der Waals surface area (Å²) in [7, 11) is 1.54. The van der Waals surface area contributed by atoms with Crippen molar-refractivity contribution in [1.82, 2.24) is 4.98 Å². The van der Waals surface area contributed by atoms with Crippen LogP contribution in [0.1, 0.15) is 11.1 Å². The van der Waals surface area contributed by atoms with Gasteiger partial charge < -0.3 is 9.47 Å². The Kier molecular flexibility index (Phi) is 3.84. The fourth-order valence-corrected chi connectivity index (χ4v) is 1.86. The Balaban J connectivity index is 2.30. The summed E-state index contributed by atoms with van der Waals surface area (Å²) in [5, 5.41) is 10.8. The van der Waals surface area contributed by atoms with E-state index in [1.807, 2.05) is 0 Å². The van der Waals surface area contributed by atoms with E-state index in [1.54, 1.807) is 32.2 Å². The first-order chi connectivity index (χ1) is 9.51. The molecule has 0 spiro atoms. The predicted octanol–water partition coefficient (Wildman–Crippen LogP) is 3.41. The van der Waals surface area contributed by atoms with Crippen molar-refractivity contribution in [1.29, 1.82) is 0 Å². The van der Waals surface area contributed by atoms with Gasteiger partial charge in [-0.3, -0.25) is 10.1 Å². The van der Waals surface area contributed by atoms with Crippen LogP contribution in [0.3, 0.4) is 0 Å². The van der Waals surface area contributed by atoms with Crippen LogP contribution in [0.25, 0.3) is 0 Å². The van der Waals surface area contributed by atoms with Crippen LogP contribution in [0.4, 0.5) is 5.69 Å². The fraction of sp³-hybridized carbons (Fsp3) is 0.214. The van der Waals surface area contributed by atoms with E-state index in [4.69, 9.17) is 9.47 Å². The normalized spacial score (nSPS) is 10.2. The van der Waals surface area contributed by atoms with Gasteiger partial charge in [-0.15, -0.1) is 0 Å². The number of nitro groups is 1. The van der Waals surface area contributed by atoms with E-state index >= 15 is 0 Å². The third kappa shape index (κ3) is 2.85. The highest BCUT2D eigenvalue weighted by Gasteiger charge is 2.13. The number of aromatic nitrogens is 1. The van der Waals surface area contributed by atoms with Crippen molar-refractivity contribution in [3.8, 4) is 17.4 Å². The number of methoxy groups -OCH3 is 1. The van der Waals surface area contributed by atoms with Crippen LogP contribution in [0.5, 0.6) is 17.4 Å². The minimum Gasteiger partial charge on any atom is -0.481 e. The maximum Gasteiger partial charge on any atom is 0.270 e. The number of hydrogen-bond donors (Lipinski definition) is 0. The molecule has 0 fully saturated rings. The van der Waals surface area contributed by atoms with Crippen LogP contribution >= 0.6 is 0 Å². The smallest absolute Gasteiger partial charge is 0.270 e. The third-order valence-electron chi connectivity index (χ3n) is 2.79. The Morgan fingerprint density at radius 3 is 2.30 bits per heavy atom. The first kappa shape index (κ1) is 13.8. The molecular formula is C14H14N2O4. The number of pyridine rings is 1. The summed E-state index contributed by atoms with van der Waals surface area (Å²) >= 11 is 0. The molecule has 6 heteroatoms. The SMILES string of the molecule is COc1ccc(Oc2c(C)cc([N+](=O)[O-])cc2C)cn1. The van der Waals surface area contributed by atoms with Gasteiger partial charge in [0.2, 0.25) is 5.88 Å². The third-order valence-corrected chi connectivity index (χ3v) is 2.79. The lowest BCUT2D eigenvalue weighted by molar-refractivity contribution is -0.385. The number of benzene rings is 1. The summed E-state index contributed by atoms with van der Waals surface area (Å²) in [5.74, 6) is 1.64. The van der Waals surface area contributed by atoms with Crippen LogP contribution < -0.4 is 9.47 Å². The Morgan fingerprint density at radius 2 is 1.85 bits per heavy atom. The molecule has 0 saturated heterocycles. The summed E-state index contributed by atoms with van der Waals surface area (Å²) < 4.78 is 10.7. The fourth-order valence-electron chi connectivity index (χ4n) is 1.86. The molecule has 0 atom stereocenters. The molecule has 0 N–H and O–H groups in total. The van der Waals surface area contributed by atoms with Gasteiger partial charge in [-0.2, -0.15) is 0 Å². The molecule has 2 rings (SSSR count). The van der Waals surface area contributed by atoms with Gasteiger partial charge in [-0.25, -0.2) is 4.98 Å². The Labute approximate surface area is 116 Å². The van der Waals surface area contributed by atoms with Gasteiger partial charge in [0.05, 0.1) is 18.2 Å². The van der Waals surface area contributed by atoms with Crippen molar-refractivity contribution in [2.45, 2.75) is 13.8 Å². The summed E-state index contributed by atoms with van der Waals surface area (Å²) in [6.07, 6.45) is 1.54. The van der Waals surface area contributed by atoms with E-state index < -0.39 is 4.92 Å². The number of rotatable bonds is 4. The molecule has 1 heterocycles. The molecule has 1 aromatic heterocycles. The number of non-ortho nitro benzene ring substituents is 1. The highest BCUT2D eigenvalue weighted by Crippen LogP contribution is 2.32. The molecule has 0 unspecified atom stereocenters. The van der Waals surface area contributed by atoms with Crippen LogP contribution in [0.15, 0.2) is 30.5 Å². The van der Waals surface area contributed by atoms with Crippen LogP contribution in [-0.2, 0) is 0 Å². The van der Waals surface area contributed by atoms with Gasteiger partial charge in [0, 0.05) is 18.2 Å². The molecule has 0 amide bonds. The van der Waals surface area contributed by atoms with Gasteiger partial charge in [0.1, 0.15) is 11.5 Å². The van der Waals surface area contributed by atoms with Gasteiger partial charge in [0.25, 0.3) is 5.69 Å². The molecule has 6 nitrogen and oxygen atoms in total. The van der Waals surface area contributed by atoms with Gasteiger partial charge >= 0.3 is 0 Å². The average molecular weight is 274 g/mol. The first-order valence-corrected chi connectivity index (χ1v) is 5.95. The standard InChI is InChI=1S/C14H14N2O4/c1-9-6-11(16(17)18)7-10(2)14(9)20-12-4-5-13(19-3)15-8-12/h4-8H,1-3H3. The minimum atomic E-state index is -0.418. The number of hydrogen-bond acceptors (Lipinski definition) is 5. The van der Waals surface area contributed by atoms with Crippen molar-refractivity contribution in [3.05, 3.63) is 51.7 Å². The summed E-state index contributed by atoms with van der Waals surface area (Å²) in [5.41, 5.74) is 1.46. The van der Waals surface area contributed by atoms with E-state index in [0.717, 1.165) is 0 Å². The van der Waals surface area contributed by atoms with E-state index in [2.05, 4.69) is 4.98 Å². The average Bonchev–Trinajstić information content (AvgIpc) is 2.43. The molecule has 104 valence electrons. The zero-order valence-corrected chi connectivity index (χ0v) is 11.4. The van der Waals surface area contributed by atoms with Crippen LogP contribution in [0.2, 0.25) is 0 Å². The quantitative estimate of drug-likeness (QED) is 0.631. The topological polar surface area (TPSA) is 74.5 Å². The van der Waals surface area contributed by atoms with Crippen molar-refractivity contribution in [3.63, 3.8) is 0 Å². The lowest BCUT2D eigenvalue weighted by Gasteiger charge is -2.11. The van der Waals surface area contributed by atoms with Gasteiger partial charge in [0.15, 0.2) is 0 Å². The van der Waals surface area contributed by atoms with E-state index in [1.165, 1.54) is 19.2 Å². The van der Waals surface area contributed by atoms with E-state index in [-0.39, 0.29) is 5.69 Å². The molecule has 0 saturated carbocycles. The highest BCUT2D eigenvalue weighted by molar-refractivity contribution is 5.50. The lowest BCUT2D eigenvalue weighted by atomic mass is 10.1. The number of ether oxygens (including phenoxy) is 2. The number of nitrogens with zero attached hydrogens (tertiary/aromatic N) is 2.